The molecule has 1 spiro atoms. The maximum Gasteiger partial charge on any atom is 0.303 e. The molecule has 2 fully saturated rings. The van der Waals surface area contributed by atoms with Gasteiger partial charge in [-0.25, -0.2) is 0 Å². The fraction of sp³-hybridized carbons (Fsp3) is 0.909. The monoisotopic (exact) mass is 230 g/mol. The molecular weight excluding hydrogens is 212 g/mol. The third kappa shape index (κ3) is 2.88. The predicted octanol–water partition coefficient (Wildman–Crippen LogP) is 2.15. The van der Waals surface area contributed by atoms with E-state index in [9.17, 15) is 4.79 Å². The molecule has 1 atom stereocenters. The van der Waals surface area contributed by atoms with E-state index in [2.05, 4.69) is 0 Å². The summed E-state index contributed by atoms with van der Waals surface area (Å²) in [5, 5.41) is 8.81. The molecule has 0 aromatic carbocycles. The summed E-state index contributed by atoms with van der Waals surface area (Å²) in [7, 11) is 0. The summed E-state index contributed by atoms with van der Waals surface area (Å²) < 4.78 is 5.91. The molecular formula is C11H18O3S. The lowest BCUT2D eigenvalue weighted by molar-refractivity contribution is -0.142. The maximum absolute atomic E-state index is 10.7. The fourth-order valence-corrected chi connectivity index (χ4v) is 3.88. The van der Waals surface area contributed by atoms with E-state index in [0.29, 0.717) is 12.3 Å². The van der Waals surface area contributed by atoms with E-state index in [0.717, 1.165) is 32.3 Å². The Hall–Kier alpha value is -0.220. The van der Waals surface area contributed by atoms with Crippen molar-refractivity contribution in [2.75, 3.05) is 18.1 Å². The van der Waals surface area contributed by atoms with Gasteiger partial charge in [-0.2, -0.15) is 11.8 Å². The average Bonchev–Trinajstić information content (AvgIpc) is 2.17. The first-order valence-corrected chi connectivity index (χ1v) is 6.79. The minimum absolute atomic E-state index is 0.0314. The van der Waals surface area contributed by atoms with E-state index in [1.165, 1.54) is 11.5 Å². The van der Waals surface area contributed by atoms with E-state index < -0.39 is 5.97 Å². The normalized spacial score (nSPS) is 30.3. The molecule has 0 aromatic heterocycles. The molecule has 1 unspecified atom stereocenters. The summed E-state index contributed by atoms with van der Waals surface area (Å²) in [5.74, 6) is 2.00. The smallest absolute Gasteiger partial charge is 0.303 e. The molecule has 0 bridgehead atoms. The highest BCUT2D eigenvalue weighted by Gasteiger charge is 2.39. The van der Waals surface area contributed by atoms with Crippen LogP contribution in [0.4, 0.5) is 0 Å². The van der Waals surface area contributed by atoms with Crippen molar-refractivity contribution in [1.82, 2.24) is 0 Å². The lowest BCUT2D eigenvalue weighted by Gasteiger charge is -2.43. The SMILES string of the molecule is O=C(O)CC1CCOC2(CCSCC2)C1. The van der Waals surface area contributed by atoms with E-state index >= 15 is 0 Å². The van der Waals surface area contributed by atoms with Gasteiger partial charge in [-0.3, -0.25) is 4.79 Å². The molecule has 0 aliphatic carbocycles. The molecule has 3 nitrogen and oxygen atoms in total. The minimum atomic E-state index is -0.665. The van der Waals surface area contributed by atoms with E-state index in [1.54, 1.807) is 0 Å². The van der Waals surface area contributed by atoms with Crippen molar-refractivity contribution in [2.45, 2.75) is 37.7 Å². The Labute approximate surface area is 94.6 Å². The summed E-state index contributed by atoms with van der Waals surface area (Å²) in [6.45, 7) is 0.753. The summed E-state index contributed by atoms with van der Waals surface area (Å²) in [6.07, 6.45) is 4.40. The van der Waals surface area contributed by atoms with Crippen molar-refractivity contribution >= 4 is 17.7 Å². The number of ether oxygens (including phenoxy) is 1. The van der Waals surface area contributed by atoms with Gasteiger partial charge in [-0.15, -0.1) is 0 Å². The Bertz CT molecular complexity index is 230. The van der Waals surface area contributed by atoms with Gasteiger partial charge in [0, 0.05) is 13.0 Å². The van der Waals surface area contributed by atoms with E-state index in [-0.39, 0.29) is 5.60 Å². The first kappa shape index (κ1) is 11.3. The van der Waals surface area contributed by atoms with Crippen LogP contribution in [0.5, 0.6) is 0 Å². The van der Waals surface area contributed by atoms with Gasteiger partial charge < -0.3 is 9.84 Å². The summed E-state index contributed by atoms with van der Waals surface area (Å²) >= 11 is 1.98. The van der Waals surface area contributed by atoms with Gasteiger partial charge in [0.1, 0.15) is 0 Å². The first-order chi connectivity index (χ1) is 7.20. The lowest BCUT2D eigenvalue weighted by atomic mass is 9.80. The summed E-state index contributed by atoms with van der Waals surface area (Å²) in [5.41, 5.74) is 0.0314. The molecule has 2 saturated heterocycles. The number of carbonyl (C=O) groups is 1. The largest absolute Gasteiger partial charge is 0.481 e. The minimum Gasteiger partial charge on any atom is -0.481 e. The van der Waals surface area contributed by atoms with Crippen LogP contribution >= 0.6 is 11.8 Å². The Morgan fingerprint density at radius 2 is 2.20 bits per heavy atom. The second-order valence-electron chi connectivity index (χ2n) is 4.60. The molecule has 86 valence electrons. The predicted molar refractivity (Wildman–Crippen MR) is 60.2 cm³/mol. The van der Waals surface area contributed by atoms with Crippen molar-refractivity contribution in [3.8, 4) is 0 Å². The molecule has 4 heteroatoms. The second-order valence-corrected chi connectivity index (χ2v) is 5.83. The molecule has 2 heterocycles. The number of thioether (sulfide) groups is 1. The van der Waals surface area contributed by atoms with Crippen molar-refractivity contribution in [1.29, 1.82) is 0 Å². The second kappa shape index (κ2) is 4.74. The van der Waals surface area contributed by atoms with Crippen molar-refractivity contribution in [2.24, 2.45) is 5.92 Å². The number of carboxylic acids is 1. The van der Waals surface area contributed by atoms with Gasteiger partial charge in [0.25, 0.3) is 0 Å². The average molecular weight is 230 g/mol. The summed E-state index contributed by atoms with van der Waals surface area (Å²) in [6, 6.07) is 0. The van der Waals surface area contributed by atoms with Crippen molar-refractivity contribution in [3.63, 3.8) is 0 Å². The van der Waals surface area contributed by atoms with Gasteiger partial charge in [0.15, 0.2) is 0 Å². The third-order valence-corrected chi connectivity index (χ3v) is 4.45. The van der Waals surface area contributed by atoms with E-state index in [4.69, 9.17) is 9.84 Å². The topological polar surface area (TPSA) is 46.5 Å². The van der Waals surface area contributed by atoms with Crippen LogP contribution in [0, 0.1) is 5.92 Å². The fourth-order valence-electron chi connectivity index (χ4n) is 2.64. The molecule has 2 rings (SSSR count). The van der Waals surface area contributed by atoms with Crippen molar-refractivity contribution < 1.29 is 14.6 Å². The Balaban J connectivity index is 1.93. The Kier molecular flexibility index (Phi) is 3.57. The van der Waals surface area contributed by atoms with Crippen LogP contribution in [-0.2, 0) is 9.53 Å². The number of hydrogen-bond donors (Lipinski definition) is 1. The van der Waals surface area contributed by atoms with Gasteiger partial charge in [0.05, 0.1) is 5.60 Å². The van der Waals surface area contributed by atoms with Crippen LogP contribution in [0.1, 0.15) is 32.1 Å². The summed E-state index contributed by atoms with van der Waals surface area (Å²) in [4.78, 5) is 10.7. The zero-order chi connectivity index (χ0) is 10.7. The molecule has 1 N–H and O–H groups in total. The molecule has 0 radical (unpaired) electrons. The van der Waals surface area contributed by atoms with Crippen LogP contribution < -0.4 is 0 Å². The van der Waals surface area contributed by atoms with Gasteiger partial charge in [0.2, 0.25) is 0 Å². The molecule has 0 saturated carbocycles. The van der Waals surface area contributed by atoms with Crippen LogP contribution in [0.15, 0.2) is 0 Å². The standard InChI is InChI=1S/C11H18O3S/c12-10(13)7-9-1-4-14-11(8-9)2-5-15-6-3-11/h9H,1-8H2,(H,12,13). The molecule has 2 aliphatic rings. The number of aliphatic carboxylic acids is 1. The lowest BCUT2D eigenvalue weighted by Crippen LogP contribution is -2.43. The molecule has 2 aliphatic heterocycles. The van der Waals surface area contributed by atoms with Crippen LogP contribution in [0.3, 0.4) is 0 Å². The van der Waals surface area contributed by atoms with Gasteiger partial charge >= 0.3 is 5.97 Å². The first-order valence-electron chi connectivity index (χ1n) is 5.64. The van der Waals surface area contributed by atoms with Crippen LogP contribution in [0.25, 0.3) is 0 Å². The van der Waals surface area contributed by atoms with Gasteiger partial charge in [-0.1, -0.05) is 0 Å². The highest BCUT2D eigenvalue weighted by Crippen LogP contribution is 2.40. The third-order valence-electron chi connectivity index (χ3n) is 3.46. The van der Waals surface area contributed by atoms with E-state index in [1.807, 2.05) is 11.8 Å². The molecule has 15 heavy (non-hydrogen) atoms. The highest BCUT2D eigenvalue weighted by molar-refractivity contribution is 7.99. The Morgan fingerprint density at radius 1 is 1.47 bits per heavy atom. The van der Waals surface area contributed by atoms with Crippen LogP contribution in [-0.4, -0.2) is 34.8 Å². The number of hydrogen-bond acceptors (Lipinski definition) is 3. The quantitative estimate of drug-likeness (QED) is 0.789. The molecule has 0 amide bonds. The van der Waals surface area contributed by atoms with Crippen LogP contribution in [0.2, 0.25) is 0 Å². The van der Waals surface area contributed by atoms with Crippen molar-refractivity contribution in [3.05, 3.63) is 0 Å². The zero-order valence-electron chi connectivity index (χ0n) is 8.91. The number of rotatable bonds is 2. The highest BCUT2D eigenvalue weighted by atomic mass is 32.2. The maximum atomic E-state index is 10.7. The van der Waals surface area contributed by atoms with Gasteiger partial charge in [-0.05, 0) is 43.1 Å². The number of carboxylic acid groups (broad SMARTS) is 1. The zero-order valence-corrected chi connectivity index (χ0v) is 9.72. The molecule has 0 aromatic rings. The Morgan fingerprint density at radius 3 is 2.87 bits per heavy atom.